The van der Waals surface area contributed by atoms with Crippen LogP contribution in [0, 0.1) is 0 Å². The quantitative estimate of drug-likeness (QED) is 0.863. The first-order chi connectivity index (χ1) is 10.6. The molecule has 0 aliphatic rings. The van der Waals surface area contributed by atoms with Crippen LogP contribution in [0.25, 0.3) is 0 Å². The fraction of sp³-hybridized carbons (Fsp3) is 0.529. The summed E-state index contributed by atoms with van der Waals surface area (Å²) in [6.45, 7) is 9.36. The fourth-order valence-electron chi connectivity index (χ4n) is 2.11. The van der Waals surface area contributed by atoms with Gasteiger partial charge < -0.3 is 10.2 Å². The van der Waals surface area contributed by atoms with Gasteiger partial charge in [-0.05, 0) is 39.8 Å². The highest BCUT2D eigenvalue weighted by atomic mass is 35.5. The van der Waals surface area contributed by atoms with Gasteiger partial charge in [-0.3, -0.25) is 9.59 Å². The van der Waals surface area contributed by atoms with Crippen molar-refractivity contribution in [3.05, 3.63) is 33.8 Å². The summed E-state index contributed by atoms with van der Waals surface area (Å²) in [5, 5.41) is 3.86. The van der Waals surface area contributed by atoms with E-state index < -0.39 is 6.04 Å². The van der Waals surface area contributed by atoms with E-state index in [1.807, 2.05) is 20.8 Å². The van der Waals surface area contributed by atoms with Crippen LogP contribution in [0.1, 0.15) is 46.6 Å². The zero-order chi connectivity index (χ0) is 17.8. The first-order valence-electron chi connectivity index (χ1n) is 7.61. The molecule has 0 heterocycles. The maximum absolute atomic E-state index is 12.4. The summed E-state index contributed by atoms with van der Waals surface area (Å²) in [7, 11) is 0. The van der Waals surface area contributed by atoms with Gasteiger partial charge in [-0.2, -0.15) is 0 Å². The minimum atomic E-state index is -0.617. The van der Waals surface area contributed by atoms with Crippen LogP contribution >= 0.6 is 23.2 Å². The topological polar surface area (TPSA) is 49.4 Å². The molecule has 0 aliphatic carbocycles. The molecule has 1 aromatic rings. The molecule has 23 heavy (non-hydrogen) atoms. The van der Waals surface area contributed by atoms with Crippen molar-refractivity contribution < 1.29 is 9.59 Å². The van der Waals surface area contributed by atoms with Gasteiger partial charge in [-0.15, -0.1) is 0 Å². The predicted octanol–water partition coefficient (Wildman–Crippen LogP) is 4.04. The van der Waals surface area contributed by atoms with Gasteiger partial charge in [0, 0.05) is 34.1 Å². The van der Waals surface area contributed by atoms with Gasteiger partial charge in [0.2, 0.25) is 11.8 Å². The van der Waals surface area contributed by atoms with Crippen molar-refractivity contribution in [1.82, 2.24) is 10.2 Å². The molecule has 1 atom stereocenters. The molecule has 0 bridgehead atoms. The number of rotatable bonds is 5. The summed E-state index contributed by atoms with van der Waals surface area (Å²) in [6.07, 6.45) is 0.301. The lowest BCUT2D eigenvalue weighted by atomic mass is 10.1. The van der Waals surface area contributed by atoms with Crippen LogP contribution in [-0.2, 0) is 16.1 Å². The Balaban J connectivity index is 3.06. The van der Waals surface area contributed by atoms with E-state index >= 15 is 0 Å². The predicted molar refractivity (Wildman–Crippen MR) is 94.7 cm³/mol. The normalized spacial score (nSPS) is 12.7. The number of carbonyl (C=O) groups is 2. The Bertz CT molecular complexity index is 562. The van der Waals surface area contributed by atoms with Crippen molar-refractivity contribution in [2.24, 2.45) is 0 Å². The lowest BCUT2D eigenvalue weighted by Gasteiger charge is -2.31. The summed E-state index contributed by atoms with van der Waals surface area (Å²) < 4.78 is 0. The van der Waals surface area contributed by atoms with Gasteiger partial charge in [-0.25, -0.2) is 0 Å². The molecule has 0 spiro atoms. The van der Waals surface area contributed by atoms with Crippen LogP contribution in [0.2, 0.25) is 10.0 Å². The average molecular weight is 359 g/mol. The minimum absolute atomic E-state index is 0.127. The lowest BCUT2D eigenvalue weighted by molar-refractivity contribution is -0.141. The summed E-state index contributed by atoms with van der Waals surface area (Å²) in [5.74, 6) is -0.333. The monoisotopic (exact) mass is 358 g/mol. The Hall–Kier alpha value is -1.26. The molecule has 0 saturated heterocycles. The SMILES string of the molecule is CCC(=O)N(Cc1c(Cl)cccc1Cl)[C@H](C)C(=O)NC(C)(C)C. The Kier molecular flexibility index (Phi) is 6.90. The van der Waals surface area contributed by atoms with Crippen LogP contribution in [0.3, 0.4) is 0 Å². The van der Waals surface area contributed by atoms with E-state index in [-0.39, 0.29) is 23.9 Å². The molecule has 0 aliphatic heterocycles. The van der Waals surface area contributed by atoms with Gasteiger partial charge in [-0.1, -0.05) is 36.2 Å². The van der Waals surface area contributed by atoms with Gasteiger partial charge in [0.25, 0.3) is 0 Å². The number of benzene rings is 1. The number of nitrogens with zero attached hydrogens (tertiary/aromatic N) is 1. The van der Waals surface area contributed by atoms with Gasteiger partial charge in [0.15, 0.2) is 0 Å². The van der Waals surface area contributed by atoms with Crippen molar-refractivity contribution in [1.29, 1.82) is 0 Å². The molecular formula is C17H24Cl2N2O2. The smallest absolute Gasteiger partial charge is 0.242 e. The van der Waals surface area contributed by atoms with Gasteiger partial charge >= 0.3 is 0 Å². The van der Waals surface area contributed by atoms with E-state index in [0.717, 1.165) is 0 Å². The first kappa shape index (κ1) is 19.8. The van der Waals surface area contributed by atoms with Crippen molar-refractivity contribution in [3.8, 4) is 0 Å². The second-order valence-electron chi connectivity index (χ2n) is 6.49. The van der Waals surface area contributed by atoms with Crippen molar-refractivity contribution >= 4 is 35.0 Å². The van der Waals surface area contributed by atoms with Crippen LogP contribution < -0.4 is 5.32 Å². The molecule has 0 aromatic heterocycles. The number of halogens is 2. The Morgan fingerprint density at radius 3 is 2.17 bits per heavy atom. The second kappa shape index (κ2) is 8.02. The van der Waals surface area contributed by atoms with E-state index in [0.29, 0.717) is 22.0 Å². The minimum Gasteiger partial charge on any atom is -0.350 e. The van der Waals surface area contributed by atoms with Crippen LogP contribution in [0.4, 0.5) is 0 Å². The average Bonchev–Trinajstić information content (AvgIpc) is 2.44. The fourth-order valence-corrected chi connectivity index (χ4v) is 2.63. The Morgan fingerprint density at radius 1 is 1.22 bits per heavy atom. The molecule has 1 aromatic carbocycles. The van der Waals surface area contributed by atoms with Crippen LogP contribution in [0.15, 0.2) is 18.2 Å². The first-order valence-corrected chi connectivity index (χ1v) is 8.36. The molecule has 0 saturated carbocycles. The number of carbonyl (C=O) groups excluding carboxylic acids is 2. The molecule has 0 unspecified atom stereocenters. The highest BCUT2D eigenvalue weighted by Crippen LogP contribution is 2.26. The van der Waals surface area contributed by atoms with E-state index in [1.165, 1.54) is 4.90 Å². The van der Waals surface area contributed by atoms with Gasteiger partial charge in [0.1, 0.15) is 6.04 Å². The number of nitrogens with one attached hydrogen (secondary N) is 1. The standard InChI is InChI=1S/C17H24Cl2N2O2/c1-6-15(22)21(11(2)16(23)20-17(3,4)5)10-12-13(18)8-7-9-14(12)19/h7-9,11H,6,10H2,1-5H3,(H,20,23)/t11-/m1/s1. The molecule has 4 nitrogen and oxygen atoms in total. The molecule has 1 rings (SSSR count). The molecule has 1 N–H and O–H groups in total. The van der Waals surface area contributed by atoms with Crippen molar-refractivity contribution in [3.63, 3.8) is 0 Å². The molecule has 128 valence electrons. The maximum atomic E-state index is 12.4. The third kappa shape index (κ3) is 5.70. The van der Waals surface area contributed by atoms with E-state index in [2.05, 4.69) is 5.32 Å². The Labute approximate surface area is 148 Å². The number of hydrogen-bond donors (Lipinski definition) is 1. The lowest BCUT2D eigenvalue weighted by Crippen LogP contribution is -2.52. The maximum Gasteiger partial charge on any atom is 0.242 e. The van der Waals surface area contributed by atoms with E-state index in [4.69, 9.17) is 23.2 Å². The van der Waals surface area contributed by atoms with E-state index in [9.17, 15) is 9.59 Å². The third-order valence-corrected chi connectivity index (χ3v) is 4.07. The van der Waals surface area contributed by atoms with E-state index in [1.54, 1.807) is 32.0 Å². The largest absolute Gasteiger partial charge is 0.350 e. The molecule has 0 radical (unpaired) electrons. The zero-order valence-corrected chi connectivity index (χ0v) is 15.8. The highest BCUT2D eigenvalue weighted by molar-refractivity contribution is 6.36. The summed E-state index contributed by atoms with van der Waals surface area (Å²) >= 11 is 12.4. The van der Waals surface area contributed by atoms with Crippen LogP contribution in [0.5, 0.6) is 0 Å². The molecule has 0 fully saturated rings. The van der Waals surface area contributed by atoms with Crippen molar-refractivity contribution in [2.45, 2.75) is 59.2 Å². The highest BCUT2D eigenvalue weighted by Gasteiger charge is 2.28. The van der Waals surface area contributed by atoms with Crippen molar-refractivity contribution in [2.75, 3.05) is 0 Å². The Morgan fingerprint density at radius 2 is 1.74 bits per heavy atom. The molecular weight excluding hydrogens is 335 g/mol. The third-order valence-electron chi connectivity index (χ3n) is 3.36. The molecule has 6 heteroatoms. The second-order valence-corrected chi connectivity index (χ2v) is 7.31. The molecule has 2 amide bonds. The number of amides is 2. The van der Waals surface area contributed by atoms with Crippen LogP contribution in [-0.4, -0.2) is 28.3 Å². The summed E-state index contributed by atoms with van der Waals surface area (Å²) in [5.41, 5.74) is 0.280. The zero-order valence-electron chi connectivity index (χ0n) is 14.2. The van der Waals surface area contributed by atoms with Gasteiger partial charge in [0.05, 0.1) is 0 Å². The number of hydrogen-bond acceptors (Lipinski definition) is 2. The summed E-state index contributed by atoms with van der Waals surface area (Å²) in [4.78, 5) is 26.2. The summed E-state index contributed by atoms with van der Waals surface area (Å²) in [6, 6.07) is 4.57.